The smallest absolute Gasteiger partial charge is 0.255 e. The van der Waals surface area contributed by atoms with E-state index in [9.17, 15) is 9.90 Å². The molecule has 1 amide bonds. The SMILES string of the molecule is CC(CNC(=O)c1cc(Cl)ccc1O)C1CC1. The van der Waals surface area contributed by atoms with Gasteiger partial charge in [-0.25, -0.2) is 0 Å². The Hall–Kier alpha value is -1.22. The lowest BCUT2D eigenvalue weighted by molar-refractivity contribution is 0.0944. The summed E-state index contributed by atoms with van der Waals surface area (Å²) < 4.78 is 0. The zero-order valence-electron chi connectivity index (χ0n) is 9.74. The number of halogens is 1. The Kier molecular flexibility index (Phi) is 3.57. The van der Waals surface area contributed by atoms with Crippen LogP contribution in [0.2, 0.25) is 5.02 Å². The van der Waals surface area contributed by atoms with Crippen molar-refractivity contribution >= 4 is 17.5 Å². The van der Waals surface area contributed by atoms with Gasteiger partial charge in [0.1, 0.15) is 5.75 Å². The average Bonchev–Trinajstić information content (AvgIpc) is 3.12. The van der Waals surface area contributed by atoms with Gasteiger partial charge in [0.25, 0.3) is 5.91 Å². The molecule has 0 spiro atoms. The lowest BCUT2D eigenvalue weighted by Gasteiger charge is -2.12. The summed E-state index contributed by atoms with van der Waals surface area (Å²) in [5.41, 5.74) is 0.237. The van der Waals surface area contributed by atoms with Gasteiger partial charge in [-0.2, -0.15) is 0 Å². The number of hydrogen-bond acceptors (Lipinski definition) is 2. The number of benzene rings is 1. The molecule has 3 nitrogen and oxygen atoms in total. The summed E-state index contributed by atoms with van der Waals surface area (Å²) in [6, 6.07) is 4.47. The van der Waals surface area contributed by atoms with E-state index in [1.807, 2.05) is 0 Å². The van der Waals surface area contributed by atoms with Crippen LogP contribution in [0, 0.1) is 11.8 Å². The molecule has 1 unspecified atom stereocenters. The van der Waals surface area contributed by atoms with Crippen LogP contribution in [0.25, 0.3) is 0 Å². The van der Waals surface area contributed by atoms with Gasteiger partial charge in [0.05, 0.1) is 5.56 Å². The molecule has 0 aliphatic heterocycles. The van der Waals surface area contributed by atoms with Gasteiger partial charge in [-0.15, -0.1) is 0 Å². The van der Waals surface area contributed by atoms with E-state index >= 15 is 0 Å². The summed E-state index contributed by atoms with van der Waals surface area (Å²) in [6.45, 7) is 2.78. The van der Waals surface area contributed by atoms with Crippen LogP contribution >= 0.6 is 11.6 Å². The number of carbonyl (C=O) groups excluding carboxylic acids is 1. The standard InChI is InChI=1S/C13H16ClNO2/c1-8(9-2-3-9)7-15-13(17)11-6-10(14)4-5-12(11)16/h4-6,8-9,16H,2-3,7H2,1H3,(H,15,17). The summed E-state index contributed by atoms with van der Waals surface area (Å²) in [6.07, 6.45) is 2.53. The van der Waals surface area contributed by atoms with E-state index in [4.69, 9.17) is 11.6 Å². The lowest BCUT2D eigenvalue weighted by Crippen LogP contribution is -2.29. The highest BCUT2D eigenvalue weighted by Crippen LogP contribution is 2.36. The number of carbonyl (C=O) groups is 1. The van der Waals surface area contributed by atoms with Crippen LogP contribution in [0.3, 0.4) is 0 Å². The van der Waals surface area contributed by atoms with Crippen LogP contribution in [0.1, 0.15) is 30.1 Å². The molecule has 1 fully saturated rings. The van der Waals surface area contributed by atoms with E-state index in [1.54, 1.807) is 6.07 Å². The predicted octanol–water partition coefficient (Wildman–Crippen LogP) is 2.82. The van der Waals surface area contributed by atoms with E-state index in [0.717, 1.165) is 5.92 Å². The molecule has 1 aliphatic rings. The van der Waals surface area contributed by atoms with E-state index in [-0.39, 0.29) is 17.2 Å². The van der Waals surface area contributed by atoms with Gasteiger partial charge in [0.2, 0.25) is 0 Å². The van der Waals surface area contributed by atoms with Crippen molar-refractivity contribution < 1.29 is 9.90 Å². The molecule has 92 valence electrons. The zero-order valence-corrected chi connectivity index (χ0v) is 10.5. The number of phenols is 1. The number of amides is 1. The van der Waals surface area contributed by atoms with E-state index in [1.165, 1.54) is 25.0 Å². The van der Waals surface area contributed by atoms with E-state index < -0.39 is 0 Å². The van der Waals surface area contributed by atoms with Gasteiger partial charge < -0.3 is 10.4 Å². The molecule has 17 heavy (non-hydrogen) atoms. The Bertz CT molecular complexity index is 429. The molecule has 2 N–H and O–H groups in total. The molecule has 2 rings (SSSR count). The number of nitrogens with one attached hydrogen (secondary N) is 1. The Balaban J connectivity index is 1.96. The van der Waals surface area contributed by atoms with Crippen LogP contribution < -0.4 is 5.32 Å². The van der Waals surface area contributed by atoms with Crippen molar-refractivity contribution in [2.75, 3.05) is 6.54 Å². The first-order valence-electron chi connectivity index (χ1n) is 5.84. The molecule has 0 aromatic heterocycles. The Morgan fingerprint density at radius 3 is 2.94 bits per heavy atom. The van der Waals surface area contributed by atoms with E-state index in [0.29, 0.717) is 17.5 Å². The molecule has 1 aliphatic carbocycles. The van der Waals surface area contributed by atoms with Crippen LogP contribution in [0.4, 0.5) is 0 Å². The largest absolute Gasteiger partial charge is 0.507 e. The minimum Gasteiger partial charge on any atom is -0.507 e. The van der Waals surface area contributed by atoms with Gasteiger partial charge in [-0.1, -0.05) is 18.5 Å². The third-order valence-electron chi connectivity index (χ3n) is 3.21. The van der Waals surface area contributed by atoms with Gasteiger partial charge in [0.15, 0.2) is 0 Å². The monoisotopic (exact) mass is 253 g/mol. The van der Waals surface area contributed by atoms with Crippen molar-refractivity contribution in [3.8, 4) is 5.75 Å². The van der Waals surface area contributed by atoms with Crippen molar-refractivity contribution in [2.24, 2.45) is 11.8 Å². The molecule has 0 bridgehead atoms. The van der Waals surface area contributed by atoms with Crippen LogP contribution in [-0.4, -0.2) is 17.6 Å². The van der Waals surface area contributed by atoms with Gasteiger partial charge in [-0.05, 0) is 42.9 Å². The summed E-state index contributed by atoms with van der Waals surface area (Å²) >= 11 is 5.79. The molecule has 0 saturated heterocycles. The second-order valence-electron chi connectivity index (χ2n) is 4.69. The number of phenolic OH excluding ortho intramolecular Hbond substituents is 1. The first-order valence-corrected chi connectivity index (χ1v) is 6.22. The summed E-state index contributed by atoms with van der Waals surface area (Å²) in [4.78, 5) is 11.8. The lowest BCUT2D eigenvalue weighted by atomic mass is 10.1. The molecule has 1 saturated carbocycles. The van der Waals surface area contributed by atoms with Gasteiger partial charge in [0, 0.05) is 11.6 Å². The second kappa shape index (κ2) is 4.96. The molecular formula is C13H16ClNO2. The molecular weight excluding hydrogens is 238 g/mol. The van der Waals surface area contributed by atoms with Crippen LogP contribution in [0.15, 0.2) is 18.2 Å². The highest BCUT2D eigenvalue weighted by Gasteiger charge is 2.28. The zero-order chi connectivity index (χ0) is 12.4. The highest BCUT2D eigenvalue weighted by molar-refractivity contribution is 6.31. The average molecular weight is 254 g/mol. The van der Waals surface area contributed by atoms with Gasteiger partial charge in [-0.3, -0.25) is 4.79 Å². The summed E-state index contributed by atoms with van der Waals surface area (Å²) in [7, 11) is 0. The Labute approximate surface area is 106 Å². The molecule has 1 aromatic rings. The predicted molar refractivity (Wildman–Crippen MR) is 67.3 cm³/mol. The van der Waals surface area contributed by atoms with Crippen molar-refractivity contribution in [3.05, 3.63) is 28.8 Å². The number of hydrogen-bond donors (Lipinski definition) is 2. The van der Waals surface area contributed by atoms with Gasteiger partial charge >= 0.3 is 0 Å². The van der Waals surface area contributed by atoms with Crippen molar-refractivity contribution in [1.82, 2.24) is 5.32 Å². The highest BCUT2D eigenvalue weighted by atomic mass is 35.5. The fourth-order valence-electron chi connectivity index (χ4n) is 1.87. The third-order valence-corrected chi connectivity index (χ3v) is 3.45. The maximum Gasteiger partial charge on any atom is 0.255 e. The van der Waals surface area contributed by atoms with Crippen LogP contribution in [0.5, 0.6) is 5.75 Å². The summed E-state index contributed by atoms with van der Waals surface area (Å²) in [5.74, 6) is 0.951. The normalized spacial score (nSPS) is 16.6. The minimum absolute atomic E-state index is 0.0361. The number of rotatable bonds is 4. The first-order chi connectivity index (χ1) is 8.08. The molecule has 4 heteroatoms. The van der Waals surface area contributed by atoms with Crippen molar-refractivity contribution in [3.63, 3.8) is 0 Å². The molecule has 0 heterocycles. The third kappa shape index (κ3) is 3.13. The topological polar surface area (TPSA) is 49.3 Å². The molecule has 1 atom stereocenters. The van der Waals surface area contributed by atoms with E-state index in [2.05, 4.69) is 12.2 Å². The fourth-order valence-corrected chi connectivity index (χ4v) is 2.04. The quantitative estimate of drug-likeness (QED) is 0.867. The Morgan fingerprint density at radius 1 is 1.59 bits per heavy atom. The Morgan fingerprint density at radius 2 is 2.29 bits per heavy atom. The van der Waals surface area contributed by atoms with Crippen molar-refractivity contribution in [2.45, 2.75) is 19.8 Å². The second-order valence-corrected chi connectivity index (χ2v) is 5.12. The van der Waals surface area contributed by atoms with Crippen molar-refractivity contribution in [1.29, 1.82) is 0 Å². The molecule has 0 radical (unpaired) electrons. The van der Waals surface area contributed by atoms with Crippen LogP contribution in [-0.2, 0) is 0 Å². The molecule has 1 aromatic carbocycles. The first kappa shape index (κ1) is 12.2. The fraction of sp³-hybridized carbons (Fsp3) is 0.462. The maximum absolute atomic E-state index is 11.8. The minimum atomic E-state index is -0.266. The maximum atomic E-state index is 11.8. The number of aromatic hydroxyl groups is 1. The summed E-state index contributed by atoms with van der Waals surface area (Å²) in [5, 5.41) is 12.9.